The first-order valence-corrected chi connectivity index (χ1v) is 8.08. The maximum Gasteiger partial charge on any atom is 0.251 e. The van der Waals surface area contributed by atoms with Crippen LogP contribution in [0, 0.1) is 13.8 Å². The van der Waals surface area contributed by atoms with Gasteiger partial charge in [0.05, 0.1) is 0 Å². The maximum absolute atomic E-state index is 12.3. The average molecular weight is 375 g/mol. The van der Waals surface area contributed by atoms with Crippen LogP contribution in [0.25, 0.3) is 0 Å². The number of carbonyl (C=O) groups is 2. The van der Waals surface area contributed by atoms with Gasteiger partial charge in [-0.15, -0.1) is 0 Å². The van der Waals surface area contributed by atoms with E-state index < -0.39 is 11.9 Å². The Morgan fingerprint density at radius 1 is 1.13 bits per heavy atom. The molecule has 3 N–H and O–H groups in total. The highest BCUT2D eigenvalue weighted by molar-refractivity contribution is 9.10. The Hall–Kier alpha value is -2.14. The molecule has 0 saturated heterocycles. The lowest BCUT2D eigenvalue weighted by molar-refractivity contribution is -0.119. The highest BCUT2D eigenvalue weighted by atomic mass is 79.9. The number of carbonyl (C=O) groups excluding carboxylic acids is 2. The van der Waals surface area contributed by atoms with E-state index in [0.717, 1.165) is 15.6 Å². The molecule has 0 heterocycles. The van der Waals surface area contributed by atoms with Gasteiger partial charge in [-0.2, -0.15) is 0 Å². The van der Waals surface area contributed by atoms with E-state index in [-0.39, 0.29) is 5.91 Å². The van der Waals surface area contributed by atoms with Crippen LogP contribution in [0.1, 0.15) is 27.0 Å². The van der Waals surface area contributed by atoms with Crippen molar-refractivity contribution >= 4 is 27.7 Å². The van der Waals surface area contributed by atoms with E-state index in [0.29, 0.717) is 12.0 Å². The van der Waals surface area contributed by atoms with Crippen LogP contribution in [-0.2, 0) is 11.2 Å². The van der Waals surface area contributed by atoms with Crippen molar-refractivity contribution in [3.05, 3.63) is 69.2 Å². The SMILES string of the molecule is Cc1ccc(C[C@@H](NC(=O)c2cccc(Br)c2)C(N)=O)cc1C. The lowest BCUT2D eigenvalue weighted by atomic mass is 10.0. The lowest BCUT2D eigenvalue weighted by Gasteiger charge is -2.16. The molecule has 2 amide bonds. The van der Waals surface area contributed by atoms with Gasteiger partial charge in [0.15, 0.2) is 0 Å². The predicted octanol–water partition coefficient (Wildman–Crippen LogP) is 2.89. The fourth-order valence-corrected chi connectivity index (χ4v) is 2.66. The summed E-state index contributed by atoms with van der Waals surface area (Å²) in [6.45, 7) is 4.04. The van der Waals surface area contributed by atoms with E-state index in [1.54, 1.807) is 18.2 Å². The molecule has 23 heavy (non-hydrogen) atoms. The number of primary amides is 1. The molecule has 0 aliphatic carbocycles. The molecule has 0 aliphatic heterocycles. The smallest absolute Gasteiger partial charge is 0.251 e. The summed E-state index contributed by atoms with van der Waals surface area (Å²) in [7, 11) is 0. The molecule has 0 fully saturated rings. The summed E-state index contributed by atoms with van der Waals surface area (Å²) < 4.78 is 0.801. The molecule has 4 nitrogen and oxygen atoms in total. The minimum atomic E-state index is -0.747. The van der Waals surface area contributed by atoms with Crippen molar-refractivity contribution in [3.8, 4) is 0 Å². The van der Waals surface area contributed by atoms with Crippen LogP contribution in [0.5, 0.6) is 0 Å². The molecule has 0 bridgehead atoms. The van der Waals surface area contributed by atoms with Gasteiger partial charge < -0.3 is 11.1 Å². The van der Waals surface area contributed by atoms with E-state index in [4.69, 9.17) is 5.73 Å². The summed E-state index contributed by atoms with van der Waals surface area (Å²) >= 11 is 3.32. The van der Waals surface area contributed by atoms with E-state index in [9.17, 15) is 9.59 Å². The topological polar surface area (TPSA) is 72.2 Å². The Bertz CT molecular complexity index is 744. The van der Waals surface area contributed by atoms with Crippen LogP contribution < -0.4 is 11.1 Å². The van der Waals surface area contributed by atoms with Crippen molar-refractivity contribution in [2.24, 2.45) is 5.73 Å². The molecule has 1 atom stereocenters. The number of nitrogens with one attached hydrogen (secondary N) is 1. The number of benzene rings is 2. The zero-order valence-electron chi connectivity index (χ0n) is 13.1. The second-order valence-corrected chi connectivity index (χ2v) is 6.48. The van der Waals surface area contributed by atoms with Crippen molar-refractivity contribution in [2.45, 2.75) is 26.3 Å². The molecular weight excluding hydrogens is 356 g/mol. The van der Waals surface area contributed by atoms with Gasteiger partial charge in [0.2, 0.25) is 5.91 Å². The summed E-state index contributed by atoms with van der Waals surface area (Å²) in [5.41, 5.74) is 9.21. The van der Waals surface area contributed by atoms with E-state index in [2.05, 4.69) is 21.2 Å². The first kappa shape index (κ1) is 17.2. The summed E-state index contributed by atoms with van der Waals surface area (Å²) in [6, 6.07) is 12.2. The van der Waals surface area contributed by atoms with Gasteiger partial charge in [0.25, 0.3) is 5.91 Å². The van der Waals surface area contributed by atoms with Gasteiger partial charge in [-0.25, -0.2) is 0 Å². The van der Waals surface area contributed by atoms with Crippen molar-refractivity contribution < 1.29 is 9.59 Å². The molecule has 120 valence electrons. The average Bonchev–Trinajstić information content (AvgIpc) is 2.50. The molecule has 2 aromatic carbocycles. The monoisotopic (exact) mass is 374 g/mol. The number of hydrogen-bond acceptors (Lipinski definition) is 2. The Morgan fingerprint density at radius 3 is 2.48 bits per heavy atom. The standard InChI is InChI=1S/C18H19BrN2O2/c1-11-6-7-13(8-12(11)2)9-16(17(20)22)21-18(23)14-4-3-5-15(19)10-14/h3-8,10,16H,9H2,1-2H3,(H2,20,22)(H,21,23)/t16-/m1/s1. The predicted molar refractivity (Wildman–Crippen MR) is 94.2 cm³/mol. The Labute approximate surface area is 144 Å². The highest BCUT2D eigenvalue weighted by Gasteiger charge is 2.19. The van der Waals surface area contributed by atoms with Gasteiger partial charge in [0, 0.05) is 16.5 Å². The first-order chi connectivity index (χ1) is 10.9. The normalized spacial score (nSPS) is 11.8. The third kappa shape index (κ3) is 4.66. The molecule has 0 aliphatic rings. The molecule has 0 unspecified atom stereocenters. The molecule has 0 spiro atoms. The largest absolute Gasteiger partial charge is 0.368 e. The fourth-order valence-electron chi connectivity index (χ4n) is 2.26. The summed E-state index contributed by atoms with van der Waals surface area (Å²) in [5.74, 6) is -0.870. The number of halogens is 1. The molecular formula is C18H19BrN2O2. The van der Waals surface area contributed by atoms with Crippen LogP contribution in [0.4, 0.5) is 0 Å². The first-order valence-electron chi connectivity index (χ1n) is 7.28. The third-order valence-corrected chi connectivity index (χ3v) is 4.24. The molecule has 2 rings (SSSR count). The van der Waals surface area contributed by atoms with Gasteiger partial charge in [-0.3, -0.25) is 9.59 Å². The summed E-state index contributed by atoms with van der Waals surface area (Å²) in [6.07, 6.45) is 0.371. The third-order valence-electron chi connectivity index (χ3n) is 3.75. The number of amides is 2. The molecule has 2 aromatic rings. The second-order valence-electron chi connectivity index (χ2n) is 5.56. The Kier molecular flexibility index (Phi) is 5.55. The van der Waals surface area contributed by atoms with Gasteiger partial charge in [0.1, 0.15) is 6.04 Å². The highest BCUT2D eigenvalue weighted by Crippen LogP contribution is 2.14. The van der Waals surface area contributed by atoms with Crippen LogP contribution in [0.15, 0.2) is 46.9 Å². The second kappa shape index (κ2) is 7.42. The van der Waals surface area contributed by atoms with Gasteiger partial charge in [-0.1, -0.05) is 40.2 Å². The van der Waals surface area contributed by atoms with Gasteiger partial charge in [-0.05, 0) is 48.7 Å². The zero-order valence-corrected chi connectivity index (χ0v) is 14.7. The van der Waals surface area contributed by atoms with Crippen molar-refractivity contribution in [1.82, 2.24) is 5.32 Å². The molecule has 0 aromatic heterocycles. The van der Waals surface area contributed by atoms with Crippen LogP contribution >= 0.6 is 15.9 Å². The minimum Gasteiger partial charge on any atom is -0.368 e. The Morgan fingerprint density at radius 2 is 1.87 bits per heavy atom. The summed E-state index contributed by atoms with van der Waals surface area (Å²) in [4.78, 5) is 24.0. The molecule has 0 radical (unpaired) electrons. The van der Waals surface area contributed by atoms with Crippen molar-refractivity contribution in [3.63, 3.8) is 0 Å². The summed E-state index contributed by atoms with van der Waals surface area (Å²) in [5, 5.41) is 2.71. The van der Waals surface area contributed by atoms with E-state index in [1.165, 1.54) is 5.56 Å². The quantitative estimate of drug-likeness (QED) is 0.844. The van der Waals surface area contributed by atoms with E-state index >= 15 is 0 Å². The zero-order chi connectivity index (χ0) is 17.0. The molecule has 5 heteroatoms. The van der Waals surface area contributed by atoms with Gasteiger partial charge >= 0.3 is 0 Å². The number of rotatable bonds is 5. The van der Waals surface area contributed by atoms with Crippen LogP contribution in [-0.4, -0.2) is 17.9 Å². The number of aryl methyl sites for hydroxylation is 2. The number of nitrogens with two attached hydrogens (primary N) is 1. The minimum absolute atomic E-state index is 0.320. The van der Waals surface area contributed by atoms with Crippen LogP contribution in [0.3, 0.4) is 0 Å². The molecule has 0 saturated carbocycles. The Balaban J connectivity index is 2.14. The van der Waals surface area contributed by atoms with Crippen LogP contribution in [0.2, 0.25) is 0 Å². The maximum atomic E-state index is 12.3. The number of hydrogen-bond donors (Lipinski definition) is 2. The van der Waals surface area contributed by atoms with E-state index in [1.807, 2.05) is 38.1 Å². The fraction of sp³-hybridized carbons (Fsp3) is 0.222. The lowest BCUT2D eigenvalue weighted by Crippen LogP contribution is -2.45. The van der Waals surface area contributed by atoms with Crippen molar-refractivity contribution in [2.75, 3.05) is 0 Å². The van der Waals surface area contributed by atoms with Crippen molar-refractivity contribution in [1.29, 1.82) is 0 Å².